The molecule has 0 bridgehead atoms. The summed E-state index contributed by atoms with van der Waals surface area (Å²) in [5.74, 6) is -0.433. The number of benzene rings is 1. The van der Waals surface area contributed by atoms with Gasteiger partial charge in [-0.1, -0.05) is 40.5 Å². The lowest BCUT2D eigenvalue weighted by atomic mass is 10.1. The van der Waals surface area contributed by atoms with E-state index in [0.717, 1.165) is 4.88 Å². The summed E-state index contributed by atoms with van der Waals surface area (Å²) in [7, 11) is 0. The zero-order valence-electron chi connectivity index (χ0n) is 15.2. The Morgan fingerprint density at radius 3 is 2.77 bits per heavy atom. The van der Waals surface area contributed by atoms with Gasteiger partial charge in [0.05, 0.1) is 20.6 Å². The first-order valence-electron chi connectivity index (χ1n) is 8.33. The Bertz CT molecular complexity index is 1250. The van der Waals surface area contributed by atoms with Crippen LogP contribution in [-0.4, -0.2) is 36.9 Å². The Labute approximate surface area is 183 Å². The van der Waals surface area contributed by atoms with Gasteiger partial charge in [0, 0.05) is 0 Å². The molecule has 3 heterocycles. The number of anilines is 1. The van der Waals surface area contributed by atoms with Crippen LogP contribution in [0.25, 0.3) is 16.4 Å². The third-order valence-corrected chi connectivity index (χ3v) is 5.61. The fraction of sp³-hybridized carbons (Fsp3) is 0.0588. The summed E-state index contributed by atoms with van der Waals surface area (Å²) in [5, 5.41) is 22.0. The number of nitrogens with zero attached hydrogens (tertiary/aromatic N) is 6. The number of hydrogen-bond acceptors (Lipinski definition) is 9. The normalized spacial score (nSPS) is 11.6. The van der Waals surface area contributed by atoms with Gasteiger partial charge in [-0.25, -0.2) is 10.1 Å². The van der Waals surface area contributed by atoms with Crippen molar-refractivity contribution in [3.8, 4) is 16.4 Å². The van der Waals surface area contributed by atoms with Gasteiger partial charge in [-0.15, -0.1) is 16.4 Å². The molecule has 0 fully saturated rings. The molecule has 1 aromatic carbocycles. The number of halogens is 2. The second kappa shape index (κ2) is 8.22. The molecule has 0 saturated heterocycles. The van der Waals surface area contributed by atoms with Gasteiger partial charge in [0.25, 0.3) is 5.91 Å². The predicted octanol–water partition coefficient (Wildman–Crippen LogP) is 3.42. The molecule has 0 aliphatic rings. The number of amides is 1. The van der Waals surface area contributed by atoms with Crippen LogP contribution in [0.3, 0.4) is 0 Å². The van der Waals surface area contributed by atoms with Crippen LogP contribution in [-0.2, 0) is 0 Å². The Morgan fingerprint density at radius 1 is 1.27 bits per heavy atom. The van der Waals surface area contributed by atoms with Crippen LogP contribution in [0.5, 0.6) is 0 Å². The number of carbonyl (C=O) groups is 1. The first-order valence-corrected chi connectivity index (χ1v) is 9.97. The smallest absolute Gasteiger partial charge is 0.294 e. The van der Waals surface area contributed by atoms with Crippen molar-refractivity contribution in [1.82, 2.24) is 30.7 Å². The number of rotatable bonds is 5. The van der Waals surface area contributed by atoms with Crippen LogP contribution in [0, 0.1) is 0 Å². The van der Waals surface area contributed by atoms with E-state index in [4.69, 9.17) is 28.9 Å². The zero-order chi connectivity index (χ0) is 21.3. The molecule has 30 heavy (non-hydrogen) atoms. The van der Waals surface area contributed by atoms with E-state index in [9.17, 15) is 4.79 Å². The van der Waals surface area contributed by atoms with E-state index < -0.39 is 5.91 Å². The largest absolute Gasteiger partial charge is 0.378 e. The predicted molar refractivity (Wildman–Crippen MR) is 113 cm³/mol. The second-order valence-electron chi connectivity index (χ2n) is 5.92. The Kier molecular flexibility index (Phi) is 5.48. The molecule has 0 aliphatic heterocycles. The molecule has 4 rings (SSSR count). The number of nitrogen functional groups attached to an aromatic ring is 1. The summed E-state index contributed by atoms with van der Waals surface area (Å²) >= 11 is 13.4. The molecule has 10 nitrogen and oxygen atoms in total. The van der Waals surface area contributed by atoms with Crippen molar-refractivity contribution in [2.24, 2.45) is 5.10 Å². The number of thiophene rings is 1. The van der Waals surface area contributed by atoms with Crippen molar-refractivity contribution in [3.05, 3.63) is 57.0 Å². The topological polar surface area (TPSA) is 137 Å². The second-order valence-corrected chi connectivity index (χ2v) is 7.68. The van der Waals surface area contributed by atoms with Gasteiger partial charge in [-0.3, -0.25) is 4.79 Å². The number of nitrogens with two attached hydrogens (primary N) is 1. The molecule has 1 amide bonds. The molecule has 0 radical (unpaired) electrons. The highest BCUT2D eigenvalue weighted by Gasteiger charge is 2.25. The SMILES string of the molecule is CC(=NNC(=O)c1nnn(-c2nonc2N)c1-c1cccs1)c1ccc(Cl)c(Cl)c1. The highest BCUT2D eigenvalue weighted by Crippen LogP contribution is 2.30. The maximum Gasteiger partial charge on any atom is 0.294 e. The molecule has 0 unspecified atom stereocenters. The van der Waals surface area contributed by atoms with Crippen molar-refractivity contribution >= 4 is 52.0 Å². The first kappa shape index (κ1) is 20.0. The maximum atomic E-state index is 12.8. The third kappa shape index (κ3) is 3.77. The molecule has 152 valence electrons. The van der Waals surface area contributed by atoms with Gasteiger partial charge in [0.2, 0.25) is 11.6 Å². The summed E-state index contributed by atoms with van der Waals surface area (Å²) in [4.78, 5) is 13.5. The van der Waals surface area contributed by atoms with Gasteiger partial charge < -0.3 is 5.73 Å². The minimum atomic E-state index is -0.570. The number of hydrogen-bond donors (Lipinski definition) is 2. The number of nitrogens with one attached hydrogen (secondary N) is 1. The van der Waals surface area contributed by atoms with Gasteiger partial charge >= 0.3 is 0 Å². The summed E-state index contributed by atoms with van der Waals surface area (Å²) in [5.41, 5.74) is 9.89. The van der Waals surface area contributed by atoms with Crippen LogP contribution >= 0.6 is 34.5 Å². The van der Waals surface area contributed by atoms with Crippen LogP contribution in [0.1, 0.15) is 23.0 Å². The number of carbonyl (C=O) groups excluding carboxylic acids is 1. The van der Waals surface area contributed by atoms with Crippen LogP contribution < -0.4 is 11.2 Å². The summed E-state index contributed by atoms with van der Waals surface area (Å²) < 4.78 is 5.93. The van der Waals surface area contributed by atoms with E-state index >= 15 is 0 Å². The molecule has 4 aromatic rings. The molecule has 3 N–H and O–H groups in total. The van der Waals surface area contributed by atoms with Crippen molar-refractivity contribution in [2.75, 3.05) is 5.73 Å². The molecule has 13 heteroatoms. The van der Waals surface area contributed by atoms with Gasteiger partial charge in [-0.2, -0.15) is 9.78 Å². The molecule has 0 spiro atoms. The molecule has 3 aromatic heterocycles. The lowest BCUT2D eigenvalue weighted by Gasteiger charge is -2.05. The van der Waals surface area contributed by atoms with E-state index in [0.29, 0.717) is 27.0 Å². The molecular weight excluding hydrogens is 451 g/mol. The fourth-order valence-electron chi connectivity index (χ4n) is 2.53. The van der Waals surface area contributed by atoms with Crippen molar-refractivity contribution in [2.45, 2.75) is 6.92 Å². The molecule has 0 saturated carbocycles. The summed E-state index contributed by atoms with van der Waals surface area (Å²) in [6, 6.07) is 8.69. The Hall–Kier alpha value is -3.28. The third-order valence-electron chi connectivity index (χ3n) is 4.00. The highest BCUT2D eigenvalue weighted by molar-refractivity contribution is 7.13. The standard InChI is InChI=1S/C17H12Cl2N8O2S/c1-8(9-4-5-10(18)11(19)7-9)21-23-17(28)13-14(12-3-2-6-30-12)27(26-22-13)16-15(20)24-29-25-16/h2-7H,1H3,(H2,20,24)(H,23,28). The highest BCUT2D eigenvalue weighted by atomic mass is 35.5. The quantitative estimate of drug-likeness (QED) is 0.342. The molecular formula is C17H12Cl2N8O2S. The Balaban J connectivity index is 1.67. The van der Waals surface area contributed by atoms with E-state index in [2.05, 4.69) is 35.8 Å². The zero-order valence-corrected chi connectivity index (χ0v) is 17.5. The molecule has 0 aliphatic carbocycles. The average Bonchev–Trinajstić information content (AvgIpc) is 3.47. The van der Waals surface area contributed by atoms with E-state index in [1.54, 1.807) is 25.1 Å². The lowest BCUT2D eigenvalue weighted by molar-refractivity contribution is 0.0950. The minimum absolute atomic E-state index is 0.0122. The molecule has 0 atom stereocenters. The first-order chi connectivity index (χ1) is 14.5. The van der Waals surface area contributed by atoms with Crippen molar-refractivity contribution in [1.29, 1.82) is 0 Å². The van der Waals surface area contributed by atoms with Crippen molar-refractivity contribution in [3.63, 3.8) is 0 Å². The van der Waals surface area contributed by atoms with Gasteiger partial charge in [-0.05, 0) is 46.4 Å². The summed E-state index contributed by atoms with van der Waals surface area (Å²) in [6.07, 6.45) is 0. The number of hydrazone groups is 1. The van der Waals surface area contributed by atoms with Gasteiger partial charge in [0.1, 0.15) is 5.69 Å². The minimum Gasteiger partial charge on any atom is -0.378 e. The van der Waals surface area contributed by atoms with Crippen LogP contribution in [0.4, 0.5) is 5.82 Å². The maximum absolute atomic E-state index is 12.8. The lowest BCUT2D eigenvalue weighted by Crippen LogP contribution is -2.20. The van der Waals surface area contributed by atoms with E-state index in [1.807, 2.05) is 17.5 Å². The Morgan fingerprint density at radius 2 is 2.10 bits per heavy atom. The van der Waals surface area contributed by atoms with Gasteiger partial charge in [0.15, 0.2) is 5.69 Å². The van der Waals surface area contributed by atoms with E-state index in [-0.39, 0.29) is 17.3 Å². The van der Waals surface area contributed by atoms with E-state index in [1.165, 1.54) is 16.0 Å². The fourth-order valence-corrected chi connectivity index (χ4v) is 3.58. The number of aromatic nitrogens is 5. The summed E-state index contributed by atoms with van der Waals surface area (Å²) in [6.45, 7) is 1.72. The average molecular weight is 463 g/mol. The van der Waals surface area contributed by atoms with Crippen molar-refractivity contribution < 1.29 is 9.42 Å². The van der Waals surface area contributed by atoms with Crippen LogP contribution in [0.15, 0.2) is 45.4 Å². The van der Waals surface area contributed by atoms with Crippen LogP contribution in [0.2, 0.25) is 10.0 Å². The monoisotopic (exact) mass is 462 g/mol.